The first-order valence-corrected chi connectivity index (χ1v) is 16.3. The molecule has 48 heavy (non-hydrogen) atoms. The molecule has 3 aromatic rings. The van der Waals surface area contributed by atoms with Gasteiger partial charge in [0.2, 0.25) is 11.8 Å². The molecule has 0 fully saturated rings. The van der Waals surface area contributed by atoms with Gasteiger partial charge in [0, 0.05) is 19.4 Å². The van der Waals surface area contributed by atoms with Gasteiger partial charge in [-0.3, -0.25) is 9.59 Å². The van der Waals surface area contributed by atoms with Gasteiger partial charge in [-0.1, -0.05) is 84.9 Å². The smallest absolute Gasteiger partial charge is 0.408 e. The molecule has 0 aromatic heterocycles. The molecule has 3 aromatic carbocycles. The molecule has 11 heteroatoms. The first-order chi connectivity index (χ1) is 23.0. The summed E-state index contributed by atoms with van der Waals surface area (Å²) in [7, 11) is 0. The average molecular weight is 659 g/mol. The number of rotatable bonds is 14. The summed E-state index contributed by atoms with van der Waals surface area (Å²) >= 11 is 0. The highest BCUT2D eigenvalue weighted by atomic mass is 16.6. The van der Waals surface area contributed by atoms with Gasteiger partial charge >= 0.3 is 12.2 Å². The van der Waals surface area contributed by atoms with Crippen LogP contribution in [-0.2, 0) is 38.5 Å². The number of ether oxygens (including phenoxy) is 2. The van der Waals surface area contributed by atoms with E-state index < -0.39 is 53.8 Å². The van der Waals surface area contributed by atoms with Gasteiger partial charge in [-0.05, 0) is 62.3 Å². The van der Waals surface area contributed by atoms with Gasteiger partial charge in [-0.2, -0.15) is 0 Å². The monoisotopic (exact) mass is 658 g/mol. The molecular formula is C37H46N4O7. The molecule has 0 saturated heterocycles. The molecule has 1 aliphatic rings. The largest absolute Gasteiger partial charge is 0.445 e. The fourth-order valence-corrected chi connectivity index (χ4v) is 5.49. The minimum atomic E-state index is -1.03. The van der Waals surface area contributed by atoms with Gasteiger partial charge in [0.15, 0.2) is 0 Å². The number of benzene rings is 3. The molecule has 1 aliphatic carbocycles. The third-order valence-electron chi connectivity index (χ3n) is 7.83. The maximum Gasteiger partial charge on any atom is 0.408 e. The summed E-state index contributed by atoms with van der Waals surface area (Å²) in [5, 5.41) is 21.9. The highest BCUT2D eigenvalue weighted by Crippen LogP contribution is 2.31. The Labute approximate surface area is 281 Å². The van der Waals surface area contributed by atoms with E-state index in [1.807, 2.05) is 84.9 Å². The number of aliphatic hydroxyl groups is 1. The van der Waals surface area contributed by atoms with Crippen LogP contribution in [0.4, 0.5) is 9.59 Å². The molecule has 11 nitrogen and oxygen atoms in total. The standard InChI is InChI=1S/C37H46N4O7/c1-37(2,3)48-36(46)40-30(22-25-14-6-4-7-15-25)34(44)39-29(33(43)41-32-28-19-11-10-18-27(28)23-31(32)42)20-12-13-21-38-35(45)47-24-26-16-8-5-9-17-26/h4-11,14-19,29-32,42H,12-13,20-24H2,1-3H3,(H,38,45)(H,39,44)(H,40,46)(H,41,43)/t29-,30-,31+,32-/m0/s1. The Morgan fingerprint density at radius 1 is 0.792 bits per heavy atom. The predicted octanol–water partition coefficient (Wildman–Crippen LogP) is 4.48. The molecule has 4 atom stereocenters. The van der Waals surface area contributed by atoms with E-state index in [4.69, 9.17) is 9.47 Å². The third-order valence-corrected chi connectivity index (χ3v) is 7.83. The Hall–Kier alpha value is -4.90. The molecule has 0 spiro atoms. The Kier molecular flexibility index (Phi) is 13.0. The highest BCUT2D eigenvalue weighted by Gasteiger charge is 2.35. The van der Waals surface area contributed by atoms with Crippen LogP contribution in [0.15, 0.2) is 84.9 Å². The Morgan fingerprint density at radius 3 is 2.12 bits per heavy atom. The first-order valence-electron chi connectivity index (χ1n) is 16.3. The van der Waals surface area contributed by atoms with E-state index in [0.717, 1.165) is 22.3 Å². The molecule has 5 N–H and O–H groups in total. The van der Waals surface area contributed by atoms with Crippen LogP contribution in [0.1, 0.15) is 68.3 Å². The zero-order chi connectivity index (χ0) is 34.5. The van der Waals surface area contributed by atoms with Gasteiger partial charge in [0.25, 0.3) is 0 Å². The van der Waals surface area contributed by atoms with Crippen molar-refractivity contribution in [3.63, 3.8) is 0 Å². The number of alkyl carbamates (subject to hydrolysis) is 2. The molecular weight excluding hydrogens is 612 g/mol. The van der Waals surface area contributed by atoms with Crippen molar-refractivity contribution < 1.29 is 33.8 Å². The van der Waals surface area contributed by atoms with Crippen molar-refractivity contribution in [1.82, 2.24) is 21.3 Å². The zero-order valence-corrected chi connectivity index (χ0v) is 27.7. The van der Waals surface area contributed by atoms with E-state index in [2.05, 4.69) is 21.3 Å². The van der Waals surface area contributed by atoms with Crippen LogP contribution in [0, 0.1) is 0 Å². The van der Waals surface area contributed by atoms with Crippen molar-refractivity contribution >= 4 is 24.0 Å². The van der Waals surface area contributed by atoms with Crippen molar-refractivity contribution in [1.29, 1.82) is 0 Å². The minimum Gasteiger partial charge on any atom is -0.445 e. The number of carbonyl (C=O) groups excluding carboxylic acids is 4. The summed E-state index contributed by atoms with van der Waals surface area (Å²) in [5.41, 5.74) is 2.69. The van der Waals surface area contributed by atoms with Crippen LogP contribution < -0.4 is 21.3 Å². The fourth-order valence-electron chi connectivity index (χ4n) is 5.49. The average Bonchev–Trinajstić information content (AvgIpc) is 3.37. The van der Waals surface area contributed by atoms with E-state index in [1.54, 1.807) is 20.8 Å². The van der Waals surface area contributed by atoms with Crippen molar-refractivity contribution in [2.24, 2.45) is 0 Å². The van der Waals surface area contributed by atoms with Gasteiger partial charge in [-0.25, -0.2) is 9.59 Å². The summed E-state index contributed by atoms with van der Waals surface area (Å²) in [6.45, 7) is 5.64. The Morgan fingerprint density at radius 2 is 1.44 bits per heavy atom. The van der Waals surface area contributed by atoms with E-state index in [-0.39, 0.29) is 19.4 Å². The number of fused-ring (bicyclic) bond motifs is 1. The van der Waals surface area contributed by atoms with E-state index in [1.165, 1.54) is 0 Å². The second-order valence-electron chi connectivity index (χ2n) is 12.9. The molecule has 0 unspecified atom stereocenters. The lowest BCUT2D eigenvalue weighted by molar-refractivity contribution is -0.131. The number of aliphatic hydroxyl groups excluding tert-OH is 1. The van der Waals surface area contributed by atoms with Crippen molar-refractivity contribution in [3.8, 4) is 0 Å². The molecule has 256 valence electrons. The van der Waals surface area contributed by atoms with Crippen LogP contribution in [0.2, 0.25) is 0 Å². The number of unbranched alkanes of at least 4 members (excludes halogenated alkanes) is 1. The minimum absolute atomic E-state index is 0.151. The first kappa shape index (κ1) is 35.9. The summed E-state index contributed by atoms with van der Waals surface area (Å²) in [6.07, 6.45) is -0.306. The number of nitrogens with one attached hydrogen (secondary N) is 4. The molecule has 0 aliphatic heterocycles. The second kappa shape index (κ2) is 17.3. The van der Waals surface area contributed by atoms with E-state index in [9.17, 15) is 24.3 Å². The van der Waals surface area contributed by atoms with Crippen molar-refractivity contribution in [2.45, 2.75) is 89.3 Å². The lowest BCUT2D eigenvalue weighted by Crippen LogP contribution is -2.55. The Balaban J connectivity index is 1.41. The van der Waals surface area contributed by atoms with Crippen LogP contribution in [-0.4, -0.2) is 59.4 Å². The third kappa shape index (κ3) is 11.4. The highest BCUT2D eigenvalue weighted by molar-refractivity contribution is 5.91. The van der Waals surface area contributed by atoms with E-state index >= 15 is 0 Å². The molecule has 0 bridgehead atoms. The van der Waals surface area contributed by atoms with Crippen molar-refractivity contribution in [3.05, 3.63) is 107 Å². The maximum absolute atomic E-state index is 13.7. The van der Waals surface area contributed by atoms with Crippen LogP contribution in [0.25, 0.3) is 0 Å². The lowest BCUT2D eigenvalue weighted by Gasteiger charge is -2.27. The molecule has 0 radical (unpaired) electrons. The number of hydrogen-bond donors (Lipinski definition) is 5. The topological polar surface area (TPSA) is 155 Å². The normalized spacial score (nSPS) is 16.5. The second-order valence-corrected chi connectivity index (χ2v) is 12.9. The summed E-state index contributed by atoms with van der Waals surface area (Å²) in [6, 6.07) is 23.4. The number of amides is 4. The number of carbonyl (C=O) groups is 4. The molecule has 0 heterocycles. The zero-order valence-electron chi connectivity index (χ0n) is 27.7. The SMILES string of the molecule is CC(C)(C)OC(=O)N[C@@H](Cc1ccccc1)C(=O)N[C@@H](CCCCNC(=O)OCc1ccccc1)C(=O)N[C@H]1c2ccccc2C[C@H]1O. The van der Waals surface area contributed by atoms with Crippen LogP contribution in [0.3, 0.4) is 0 Å². The Bertz CT molecular complexity index is 1510. The van der Waals surface area contributed by atoms with Crippen LogP contribution in [0.5, 0.6) is 0 Å². The fraction of sp³-hybridized carbons (Fsp3) is 0.405. The van der Waals surface area contributed by atoms with Crippen molar-refractivity contribution in [2.75, 3.05) is 6.54 Å². The van der Waals surface area contributed by atoms with Gasteiger partial charge in [-0.15, -0.1) is 0 Å². The molecule has 4 rings (SSSR count). The summed E-state index contributed by atoms with van der Waals surface area (Å²) in [4.78, 5) is 52.4. The van der Waals surface area contributed by atoms with Crippen LogP contribution >= 0.6 is 0 Å². The predicted molar refractivity (Wildman–Crippen MR) is 181 cm³/mol. The lowest BCUT2D eigenvalue weighted by atomic mass is 10.0. The molecule has 4 amide bonds. The van der Waals surface area contributed by atoms with E-state index in [0.29, 0.717) is 25.8 Å². The quantitative estimate of drug-likeness (QED) is 0.160. The number of hydrogen-bond acceptors (Lipinski definition) is 7. The summed E-state index contributed by atoms with van der Waals surface area (Å²) in [5.74, 6) is -1.02. The maximum atomic E-state index is 13.7. The van der Waals surface area contributed by atoms with Gasteiger partial charge in [0.1, 0.15) is 24.3 Å². The summed E-state index contributed by atoms with van der Waals surface area (Å²) < 4.78 is 10.7. The van der Waals surface area contributed by atoms with Gasteiger partial charge in [0.05, 0.1) is 12.1 Å². The molecule has 0 saturated carbocycles. The van der Waals surface area contributed by atoms with Gasteiger partial charge < -0.3 is 35.8 Å².